The first-order valence-corrected chi connectivity index (χ1v) is 11.4. The minimum Gasteiger partial charge on any atom is -0.318 e. The van der Waals surface area contributed by atoms with Crippen molar-refractivity contribution in [2.45, 2.75) is 33.6 Å². The summed E-state index contributed by atoms with van der Waals surface area (Å²) in [6, 6.07) is 16.1. The van der Waals surface area contributed by atoms with Gasteiger partial charge in [-0.2, -0.15) is 0 Å². The third kappa shape index (κ3) is 4.16. The number of carbonyl (C=O) groups excluding carboxylic acids is 3. The van der Waals surface area contributed by atoms with Crippen molar-refractivity contribution in [1.29, 1.82) is 0 Å². The Labute approximate surface area is 201 Å². The molecule has 7 heteroatoms. The van der Waals surface area contributed by atoms with Crippen molar-refractivity contribution in [3.63, 3.8) is 0 Å². The lowest BCUT2D eigenvalue weighted by atomic mass is 10.0. The van der Waals surface area contributed by atoms with E-state index in [1.807, 2.05) is 32.0 Å². The fourth-order valence-corrected chi connectivity index (χ4v) is 4.39. The van der Waals surface area contributed by atoms with Crippen LogP contribution in [0.5, 0.6) is 0 Å². The van der Waals surface area contributed by atoms with E-state index in [-0.39, 0.29) is 5.57 Å². The van der Waals surface area contributed by atoms with Gasteiger partial charge in [-0.1, -0.05) is 48.0 Å². The minimum absolute atomic E-state index is 0.0880. The number of aromatic nitrogens is 1. The molecule has 0 bridgehead atoms. The van der Waals surface area contributed by atoms with E-state index < -0.39 is 17.8 Å². The van der Waals surface area contributed by atoms with E-state index in [1.165, 1.54) is 5.56 Å². The fourth-order valence-electron chi connectivity index (χ4n) is 4.12. The molecule has 168 valence electrons. The topological polar surface area (TPSA) is 71.4 Å². The van der Waals surface area contributed by atoms with Crippen molar-refractivity contribution in [1.82, 2.24) is 9.88 Å². The molecule has 4 rings (SSSR count). The van der Waals surface area contributed by atoms with Crippen LogP contribution in [0.15, 0.2) is 64.6 Å². The predicted octanol–water partition coefficient (Wildman–Crippen LogP) is 5.65. The van der Waals surface area contributed by atoms with E-state index in [1.54, 1.807) is 30.3 Å². The van der Waals surface area contributed by atoms with E-state index in [4.69, 9.17) is 0 Å². The van der Waals surface area contributed by atoms with Crippen LogP contribution in [0.2, 0.25) is 0 Å². The number of imide groups is 2. The highest BCUT2D eigenvalue weighted by molar-refractivity contribution is 9.10. The summed E-state index contributed by atoms with van der Waals surface area (Å²) in [7, 11) is 0. The average molecular weight is 506 g/mol. The molecule has 3 aromatic rings. The van der Waals surface area contributed by atoms with Gasteiger partial charge in [0.2, 0.25) is 0 Å². The molecule has 1 saturated heterocycles. The Balaban J connectivity index is 1.78. The number of aryl methyl sites for hydroxylation is 1. The molecule has 4 amide bonds. The maximum absolute atomic E-state index is 13.2. The summed E-state index contributed by atoms with van der Waals surface area (Å²) >= 11 is 3.34. The summed E-state index contributed by atoms with van der Waals surface area (Å²) in [6.45, 7) is 8.25. The van der Waals surface area contributed by atoms with Crippen molar-refractivity contribution in [3.8, 4) is 5.69 Å². The maximum Gasteiger partial charge on any atom is 0.335 e. The zero-order valence-corrected chi connectivity index (χ0v) is 20.4. The van der Waals surface area contributed by atoms with Gasteiger partial charge in [-0.3, -0.25) is 14.9 Å². The standard InChI is InChI=1S/C26H24BrN3O3/c1-15(2)21-7-5-6-8-23(21)29-16(3)13-18(17(29)4)14-22-24(31)28-26(33)30(25(22)32)20-11-9-19(27)10-12-20/h5-15H,1-4H3,(H,28,31,33)/b22-14+. The van der Waals surface area contributed by atoms with Crippen molar-refractivity contribution in [3.05, 3.63) is 87.2 Å². The highest BCUT2D eigenvalue weighted by atomic mass is 79.9. The second kappa shape index (κ2) is 8.83. The van der Waals surface area contributed by atoms with Gasteiger partial charge in [0.25, 0.3) is 11.8 Å². The SMILES string of the molecule is Cc1cc(/C=C2\C(=O)NC(=O)N(c3ccc(Br)cc3)C2=O)c(C)n1-c1ccccc1C(C)C. The summed E-state index contributed by atoms with van der Waals surface area (Å²) in [6.07, 6.45) is 1.56. The number of anilines is 1. The quantitative estimate of drug-likeness (QED) is 0.368. The number of hydrogen-bond donors (Lipinski definition) is 1. The number of hydrogen-bond acceptors (Lipinski definition) is 3. The van der Waals surface area contributed by atoms with Gasteiger partial charge in [0.05, 0.1) is 5.69 Å². The van der Waals surface area contributed by atoms with E-state index >= 15 is 0 Å². The van der Waals surface area contributed by atoms with Gasteiger partial charge in [0.1, 0.15) is 5.57 Å². The highest BCUT2D eigenvalue weighted by Gasteiger charge is 2.37. The maximum atomic E-state index is 13.2. The number of nitrogens with one attached hydrogen (secondary N) is 1. The van der Waals surface area contributed by atoms with Crippen LogP contribution in [0, 0.1) is 13.8 Å². The van der Waals surface area contributed by atoms with Crippen LogP contribution in [0.1, 0.15) is 42.3 Å². The normalized spacial score (nSPS) is 15.5. The fraction of sp³-hybridized carbons (Fsp3) is 0.192. The molecule has 0 atom stereocenters. The molecule has 1 aromatic heterocycles. The first kappa shape index (κ1) is 22.7. The Morgan fingerprint density at radius 3 is 2.30 bits per heavy atom. The lowest BCUT2D eigenvalue weighted by molar-refractivity contribution is -0.122. The number of urea groups is 1. The molecule has 0 aliphatic carbocycles. The van der Waals surface area contributed by atoms with E-state index in [2.05, 4.69) is 51.8 Å². The zero-order chi connectivity index (χ0) is 23.9. The average Bonchev–Trinajstić information content (AvgIpc) is 3.05. The van der Waals surface area contributed by atoms with Crippen LogP contribution >= 0.6 is 15.9 Å². The molecular weight excluding hydrogens is 482 g/mol. The van der Waals surface area contributed by atoms with Crippen LogP contribution in [-0.2, 0) is 9.59 Å². The molecule has 2 aromatic carbocycles. The lowest BCUT2D eigenvalue weighted by Crippen LogP contribution is -2.54. The Morgan fingerprint density at radius 2 is 1.64 bits per heavy atom. The van der Waals surface area contributed by atoms with Crippen LogP contribution in [0.4, 0.5) is 10.5 Å². The van der Waals surface area contributed by atoms with Crippen molar-refractivity contribution >= 4 is 45.5 Å². The minimum atomic E-state index is -0.763. The summed E-state index contributed by atoms with van der Waals surface area (Å²) < 4.78 is 2.95. The van der Waals surface area contributed by atoms with Crippen LogP contribution in [-0.4, -0.2) is 22.4 Å². The zero-order valence-electron chi connectivity index (χ0n) is 18.8. The summed E-state index contributed by atoms with van der Waals surface area (Å²) in [4.78, 5) is 39.2. The van der Waals surface area contributed by atoms with E-state index in [9.17, 15) is 14.4 Å². The number of rotatable bonds is 4. The van der Waals surface area contributed by atoms with Crippen LogP contribution in [0.3, 0.4) is 0 Å². The third-order valence-corrected chi connectivity index (χ3v) is 6.28. The number of para-hydroxylation sites is 1. The number of amides is 4. The Bertz CT molecular complexity index is 1300. The van der Waals surface area contributed by atoms with Gasteiger partial charge in [-0.25, -0.2) is 9.69 Å². The summed E-state index contributed by atoms with van der Waals surface area (Å²) in [5.41, 5.74) is 5.20. The predicted molar refractivity (Wildman–Crippen MR) is 132 cm³/mol. The van der Waals surface area contributed by atoms with Crippen LogP contribution in [0.25, 0.3) is 11.8 Å². The second-order valence-corrected chi connectivity index (χ2v) is 9.23. The van der Waals surface area contributed by atoms with E-state index in [0.717, 1.165) is 32.0 Å². The van der Waals surface area contributed by atoms with Crippen molar-refractivity contribution in [2.75, 3.05) is 4.90 Å². The van der Waals surface area contributed by atoms with E-state index in [0.29, 0.717) is 11.6 Å². The third-order valence-electron chi connectivity index (χ3n) is 5.76. The van der Waals surface area contributed by atoms with Crippen molar-refractivity contribution < 1.29 is 14.4 Å². The molecule has 2 heterocycles. The molecule has 6 nitrogen and oxygen atoms in total. The number of carbonyl (C=O) groups is 3. The number of benzene rings is 2. The number of barbiturate groups is 1. The van der Waals surface area contributed by atoms with Gasteiger partial charge in [0, 0.05) is 21.5 Å². The van der Waals surface area contributed by atoms with Gasteiger partial charge < -0.3 is 4.57 Å². The molecule has 1 aliphatic heterocycles. The molecule has 0 spiro atoms. The van der Waals surface area contributed by atoms with Gasteiger partial charge >= 0.3 is 6.03 Å². The smallest absolute Gasteiger partial charge is 0.318 e. The first-order valence-electron chi connectivity index (χ1n) is 10.6. The summed E-state index contributed by atoms with van der Waals surface area (Å²) in [5, 5.41) is 2.28. The molecule has 0 saturated carbocycles. The van der Waals surface area contributed by atoms with Gasteiger partial charge in [-0.05, 0) is 73.4 Å². The molecule has 0 radical (unpaired) electrons. The monoisotopic (exact) mass is 505 g/mol. The second-order valence-electron chi connectivity index (χ2n) is 8.31. The lowest BCUT2D eigenvalue weighted by Gasteiger charge is -2.26. The molecule has 1 aliphatic rings. The molecular formula is C26H24BrN3O3. The van der Waals surface area contributed by atoms with Gasteiger partial charge in [0.15, 0.2) is 0 Å². The molecule has 1 N–H and O–H groups in total. The highest BCUT2D eigenvalue weighted by Crippen LogP contribution is 2.30. The molecule has 0 unspecified atom stereocenters. The largest absolute Gasteiger partial charge is 0.335 e. The Hall–Kier alpha value is -3.45. The Kier molecular flexibility index (Phi) is 6.08. The Morgan fingerprint density at radius 1 is 0.970 bits per heavy atom. The van der Waals surface area contributed by atoms with Crippen LogP contribution < -0.4 is 10.2 Å². The molecule has 33 heavy (non-hydrogen) atoms. The summed E-state index contributed by atoms with van der Waals surface area (Å²) in [5.74, 6) is -1.02. The van der Waals surface area contributed by atoms with Crippen molar-refractivity contribution in [2.24, 2.45) is 0 Å². The van der Waals surface area contributed by atoms with Gasteiger partial charge in [-0.15, -0.1) is 0 Å². The molecule has 1 fully saturated rings. The number of halogens is 1. The number of nitrogens with zero attached hydrogens (tertiary/aromatic N) is 2. The first-order chi connectivity index (χ1) is 15.7.